The number of hydrogen-bond acceptors (Lipinski definition) is 4. The van der Waals surface area contributed by atoms with Crippen LogP contribution >= 0.6 is 0 Å². The summed E-state index contributed by atoms with van der Waals surface area (Å²) in [4.78, 5) is 0. The van der Waals surface area contributed by atoms with E-state index in [1.54, 1.807) is 25.3 Å². The number of amidine groups is 1. The lowest BCUT2D eigenvalue weighted by molar-refractivity contribution is 0.298. The van der Waals surface area contributed by atoms with E-state index in [0.717, 1.165) is 5.56 Å². The second kappa shape index (κ2) is 6.76. The highest BCUT2D eigenvalue weighted by Crippen LogP contribution is 2.31. The molecule has 0 unspecified atom stereocenters. The first kappa shape index (κ1) is 14.9. The number of aliphatic hydroxyl groups is 1. The lowest BCUT2D eigenvalue weighted by Gasteiger charge is -2.14. The summed E-state index contributed by atoms with van der Waals surface area (Å²) in [7, 11) is 1.56. The highest BCUT2D eigenvalue weighted by atomic mass is 16.5. The molecule has 5 nitrogen and oxygen atoms in total. The zero-order valence-electron chi connectivity index (χ0n) is 11.8. The highest BCUT2D eigenvalue weighted by Gasteiger charge is 2.11. The molecular formula is C16H18N2O3. The van der Waals surface area contributed by atoms with Gasteiger partial charge in [0.1, 0.15) is 23.1 Å². The number of nitrogens with two attached hydrogens (primary N) is 1. The van der Waals surface area contributed by atoms with Gasteiger partial charge in [-0.25, -0.2) is 0 Å². The van der Waals surface area contributed by atoms with Crippen LogP contribution in [-0.4, -0.2) is 24.7 Å². The standard InChI is InChI=1S/C16H18N2O3/c1-20-12-6-7-13(16(17)18)15(10-12)21-14-5-3-2-4-11(14)8-9-19/h2-7,10,19H,8-9H2,1H3,(H3,17,18). The fraction of sp³-hybridized carbons (Fsp3) is 0.188. The Morgan fingerprint density at radius 1 is 1.19 bits per heavy atom. The first-order chi connectivity index (χ1) is 10.2. The van der Waals surface area contributed by atoms with Gasteiger partial charge in [-0.3, -0.25) is 5.41 Å². The molecule has 0 aliphatic rings. The Kier molecular flexibility index (Phi) is 4.79. The van der Waals surface area contributed by atoms with Gasteiger partial charge in [0.2, 0.25) is 0 Å². The summed E-state index contributed by atoms with van der Waals surface area (Å²) in [6.45, 7) is 0.0397. The highest BCUT2D eigenvalue weighted by molar-refractivity contribution is 5.97. The molecule has 2 rings (SSSR count). The van der Waals surface area contributed by atoms with Crippen LogP contribution in [0.4, 0.5) is 0 Å². The maximum atomic E-state index is 9.11. The molecule has 0 amide bonds. The topological polar surface area (TPSA) is 88.6 Å². The molecule has 0 aliphatic carbocycles. The predicted molar refractivity (Wildman–Crippen MR) is 81.3 cm³/mol. The molecule has 0 aliphatic heterocycles. The summed E-state index contributed by atoms with van der Waals surface area (Å²) >= 11 is 0. The Labute approximate surface area is 123 Å². The van der Waals surface area contributed by atoms with Gasteiger partial charge in [-0.2, -0.15) is 0 Å². The predicted octanol–water partition coefficient (Wildman–Crippen LogP) is 2.31. The molecule has 0 saturated carbocycles. The first-order valence-electron chi connectivity index (χ1n) is 6.54. The minimum atomic E-state index is -0.0766. The van der Waals surface area contributed by atoms with Crippen LogP contribution in [-0.2, 0) is 6.42 Å². The van der Waals surface area contributed by atoms with Crippen LogP contribution in [0.5, 0.6) is 17.2 Å². The third-order valence-corrected chi connectivity index (χ3v) is 3.05. The zero-order valence-corrected chi connectivity index (χ0v) is 11.8. The average molecular weight is 286 g/mol. The van der Waals surface area contributed by atoms with Gasteiger partial charge in [0, 0.05) is 12.7 Å². The van der Waals surface area contributed by atoms with Gasteiger partial charge in [-0.05, 0) is 30.2 Å². The van der Waals surface area contributed by atoms with Crippen LogP contribution in [0.2, 0.25) is 0 Å². The number of aliphatic hydroxyl groups excluding tert-OH is 1. The second-order valence-corrected chi connectivity index (χ2v) is 4.46. The van der Waals surface area contributed by atoms with Gasteiger partial charge in [0.05, 0.1) is 12.7 Å². The average Bonchev–Trinajstić information content (AvgIpc) is 2.49. The molecule has 0 heterocycles. The number of rotatable bonds is 6. The van der Waals surface area contributed by atoms with Crippen molar-refractivity contribution in [3.63, 3.8) is 0 Å². The Balaban J connectivity index is 2.40. The van der Waals surface area contributed by atoms with Crippen molar-refractivity contribution in [1.29, 1.82) is 5.41 Å². The van der Waals surface area contributed by atoms with Gasteiger partial charge in [-0.15, -0.1) is 0 Å². The van der Waals surface area contributed by atoms with Gasteiger partial charge >= 0.3 is 0 Å². The molecule has 0 spiro atoms. The van der Waals surface area contributed by atoms with Gasteiger partial charge in [0.25, 0.3) is 0 Å². The molecule has 0 atom stereocenters. The number of nitrogen functional groups attached to an aromatic ring is 1. The monoisotopic (exact) mass is 286 g/mol. The summed E-state index contributed by atoms with van der Waals surface area (Å²) in [5.41, 5.74) is 6.96. The van der Waals surface area contributed by atoms with Crippen LogP contribution in [0.25, 0.3) is 0 Å². The van der Waals surface area contributed by atoms with Gasteiger partial charge < -0.3 is 20.3 Å². The van der Waals surface area contributed by atoms with Crippen LogP contribution in [0.1, 0.15) is 11.1 Å². The summed E-state index contributed by atoms with van der Waals surface area (Å²) in [6, 6.07) is 12.5. The van der Waals surface area contributed by atoms with E-state index in [2.05, 4.69) is 0 Å². The number of ether oxygens (including phenoxy) is 2. The van der Waals surface area contributed by atoms with E-state index in [0.29, 0.717) is 29.2 Å². The minimum absolute atomic E-state index is 0.0397. The third-order valence-electron chi connectivity index (χ3n) is 3.05. The van der Waals surface area contributed by atoms with Crippen molar-refractivity contribution in [3.8, 4) is 17.2 Å². The summed E-state index contributed by atoms with van der Waals surface area (Å²) in [5.74, 6) is 1.62. The van der Waals surface area contributed by atoms with Crippen molar-refractivity contribution in [1.82, 2.24) is 0 Å². The van der Waals surface area contributed by atoms with Gasteiger partial charge in [0.15, 0.2) is 0 Å². The SMILES string of the molecule is COc1ccc(C(=N)N)c(Oc2ccccc2CCO)c1. The number of nitrogens with one attached hydrogen (secondary N) is 1. The fourth-order valence-corrected chi connectivity index (χ4v) is 1.99. The minimum Gasteiger partial charge on any atom is -0.497 e. The molecule has 0 aromatic heterocycles. The van der Waals surface area contributed by atoms with Crippen molar-refractivity contribution in [3.05, 3.63) is 53.6 Å². The smallest absolute Gasteiger partial charge is 0.142 e. The quantitative estimate of drug-likeness (QED) is 0.561. The Morgan fingerprint density at radius 3 is 2.62 bits per heavy atom. The number of benzene rings is 2. The molecule has 0 fully saturated rings. The lowest BCUT2D eigenvalue weighted by atomic mass is 10.1. The van der Waals surface area contributed by atoms with E-state index in [9.17, 15) is 0 Å². The maximum Gasteiger partial charge on any atom is 0.142 e. The Morgan fingerprint density at radius 2 is 1.95 bits per heavy atom. The van der Waals surface area contributed by atoms with Crippen molar-refractivity contribution in [2.75, 3.05) is 13.7 Å². The van der Waals surface area contributed by atoms with Crippen LogP contribution < -0.4 is 15.2 Å². The third kappa shape index (κ3) is 3.52. The van der Waals surface area contributed by atoms with Crippen molar-refractivity contribution in [2.24, 2.45) is 5.73 Å². The lowest BCUT2D eigenvalue weighted by Crippen LogP contribution is -2.12. The molecule has 4 N–H and O–H groups in total. The van der Waals surface area contributed by atoms with Gasteiger partial charge in [-0.1, -0.05) is 18.2 Å². The molecule has 0 radical (unpaired) electrons. The summed E-state index contributed by atoms with van der Waals surface area (Å²) in [5, 5.41) is 16.7. The molecule has 0 bridgehead atoms. The van der Waals surface area contributed by atoms with Crippen LogP contribution in [0.15, 0.2) is 42.5 Å². The fourth-order valence-electron chi connectivity index (χ4n) is 1.99. The number of hydrogen-bond donors (Lipinski definition) is 3. The summed E-state index contributed by atoms with van der Waals surface area (Å²) in [6.07, 6.45) is 0.496. The zero-order chi connectivity index (χ0) is 15.2. The van der Waals surface area contributed by atoms with Crippen LogP contribution in [0, 0.1) is 5.41 Å². The normalized spacial score (nSPS) is 10.2. The molecule has 2 aromatic carbocycles. The van der Waals surface area contributed by atoms with E-state index in [-0.39, 0.29) is 12.4 Å². The molecule has 0 saturated heterocycles. The Hall–Kier alpha value is -2.53. The van der Waals surface area contributed by atoms with Crippen molar-refractivity contribution in [2.45, 2.75) is 6.42 Å². The van der Waals surface area contributed by atoms with E-state index < -0.39 is 0 Å². The Bertz CT molecular complexity index is 641. The molecule has 21 heavy (non-hydrogen) atoms. The first-order valence-corrected chi connectivity index (χ1v) is 6.54. The molecular weight excluding hydrogens is 268 g/mol. The number of methoxy groups -OCH3 is 1. The van der Waals surface area contributed by atoms with Crippen molar-refractivity contribution < 1.29 is 14.6 Å². The van der Waals surface area contributed by atoms with E-state index in [4.69, 9.17) is 25.7 Å². The summed E-state index contributed by atoms with van der Waals surface area (Å²) < 4.78 is 11.1. The van der Waals surface area contributed by atoms with E-state index >= 15 is 0 Å². The molecule has 2 aromatic rings. The molecule has 110 valence electrons. The number of para-hydroxylation sites is 1. The van der Waals surface area contributed by atoms with Crippen LogP contribution in [0.3, 0.4) is 0 Å². The largest absolute Gasteiger partial charge is 0.497 e. The van der Waals surface area contributed by atoms with E-state index in [1.165, 1.54) is 0 Å². The second-order valence-electron chi connectivity index (χ2n) is 4.46. The maximum absolute atomic E-state index is 9.11. The van der Waals surface area contributed by atoms with Crippen molar-refractivity contribution >= 4 is 5.84 Å². The molecule has 5 heteroatoms. The van der Waals surface area contributed by atoms with E-state index in [1.807, 2.05) is 24.3 Å².